The highest BCUT2D eigenvalue weighted by molar-refractivity contribution is 14.0. The van der Waals surface area contributed by atoms with Crippen molar-refractivity contribution in [3.63, 3.8) is 0 Å². The van der Waals surface area contributed by atoms with E-state index in [4.69, 9.17) is 4.74 Å². The van der Waals surface area contributed by atoms with Crippen molar-refractivity contribution in [1.29, 1.82) is 0 Å². The zero-order chi connectivity index (χ0) is 20.0. The zero-order valence-electron chi connectivity index (χ0n) is 17.1. The van der Waals surface area contributed by atoms with Crippen molar-refractivity contribution in [2.75, 3.05) is 26.2 Å². The fourth-order valence-corrected chi connectivity index (χ4v) is 2.65. The number of halogens is 1. The summed E-state index contributed by atoms with van der Waals surface area (Å²) in [6.45, 7) is 6.54. The quantitative estimate of drug-likeness (QED) is 0.261. The molecular formula is C22H31IN4O2. The first kappa shape index (κ1) is 24.7. The van der Waals surface area contributed by atoms with Crippen LogP contribution < -0.4 is 20.7 Å². The summed E-state index contributed by atoms with van der Waals surface area (Å²) in [5, 5.41) is 9.16. The Morgan fingerprint density at radius 2 is 1.69 bits per heavy atom. The molecule has 0 aromatic heterocycles. The van der Waals surface area contributed by atoms with Crippen molar-refractivity contribution in [3.05, 3.63) is 65.7 Å². The lowest BCUT2D eigenvalue weighted by molar-refractivity contribution is -0.119. The molecule has 0 radical (unpaired) electrons. The van der Waals surface area contributed by atoms with Gasteiger partial charge in [0.1, 0.15) is 5.75 Å². The molecule has 2 aromatic rings. The number of para-hydroxylation sites is 1. The van der Waals surface area contributed by atoms with Gasteiger partial charge < -0.3 is 20.7 Å². The van der Waals surface area contributed by atoms with Crippen molar-refractivity contribution in [2.45, 2.75) is 26.8 Å². The van der Waals surface area contributed by atoms with Crippen LogP contribution >= 0.6 is 24.0 Å². The number of carbonyl (C=O) groups excluding carboxylic acids is 1. The van der Waals surface area contributed by atoms with Gasteiger partial charge in [-0.3, -0.25) is 4.79 Å². The summed E-state index contributed by atoms with van der Waals surface area (Å²) in [7, 11) is 0. The number of rotatable bonds is 10. The number of guanidine groups is 1. The third kappa shape index (κ3) is 9.65. The van der Waals surface area contributed by atoms with Crippen LogP contribution in [-0.2, 0) is 17.8 Å². The lowest BCUT2D eigenvalue weighted by Crippen LogP contribution is -2.43. The fraction of sp³-hybridized carbons (Fsp3) is 0.364. The van der Waals surface area contributed by atoms with Crippen LogP contribution in [0.1, 0.15) is 25.0 Å². The Kier molecular flexibility index (Phi) is 12.5. The Hall–Kier alpha value is -2.29. The molecule has 2 rings (SSSR count). The van der Waals surface area contributed by atoms with Crippen LogP contribution in [0.4, 0.5) is 0 Å². The minimum Gasteiger partial charge on any atom is -0.494 e. The number of nitrogens with one attached hydrogen (secondary N) is 3. The molecule has 0 fully saturated rings. The smallest absolute Gasteiger partial charge is 0.239 e. The second-order valence-corrected chi connectivity index (χ2v) is 6.18. The number of carbonyl (C=O) groups is 1. The van der Waals surface area contributed by atoms with Crippen LogP contribution in [0.2, 0.25) is 0 Å². The molecule has 0 saturated heterocycles. The van der Waals surface area contributed by atoms with Crippen LogP contribution in [0.3, 0.4) is 0 Å². The maximum absolute atomic E-state index is 12.1. The van der Waals surface area contributed by atoms with Crippen LogP contribution in [0, 0.1) is 0 Å². The molecule has 0 saturated carbocycles. The highest BCUT2D eigenvalue weighted by Gasteiger charge is 2.05. The lowest BCUT2D eigenvalue weighted by atomic mass is 10.1. The molecule has 0 aliphatic carbocycles. The highest BCUT2D eigenvalue weighted by atomic mass is 127. The van der Waals surface area contributed by atoms with Gasteiger partial charge in [-0.25, -0.2) is 4.99 Å². The van der Waals surface area contributed by atoms with E-state index in [0.29, 0.717) is 32.2 Å². The summed E-state index contributed by atoms with van der Waals surface area (Å²) < 4.78 is 5.63. The standard InChI is InChI=1S/C22H30N4O2.HI/c1-3-23-22(25-16-19-12-8-9-13-20(19)28-4-2)26-17-21(27)24-15-14-18-10-6-5-7-11-18;/h5-13H,3-4,14-17H2,1-2H3,(H,24,27)(H2,23,25,26);1H. The molecule has 0 bridgehead atoms. The average Bonchev–Trinajstić information content (AvgIpc) is 2.72. The van der Waals surface area contributed by atoms with E-state index >= 15 is 0 Å². The van der Waals surface area contributed by atoms with Crippen molar-refractivity contribution < 1.29 is 9.53 Å². The van der Waals surface area contributed by atoms with Crippen molar-refractivity contribution in [3.8, 4) is 5.75 Å². The zero-order valence-corrected chi connectivity index (χ0v) is 19.4. The minimum absolute atomic E-state index is 0. The van der Waals surface area contributed by atoms with Crippen LogP contribution in [0.15, 0.2) is 59.6 Å². The molecule has 0 unspecified atom stereocenters. The van der Waals surface area contributed by atoms with Gasteiger partial charge in [-0.05, 0) is 31.9 Å². The molecular weight excluding hydrogens is 479 g/mol. The van der Waals surface area contributed by atoms with E-state index < -0.39 is 0 Å². The molecule has 6 nitrogen and oxygen atoms in total. The maximum Gasteiger partial charge on any atom is 0.239 e. The van der Waals surface area contributed by atoms with Gasteiger partial charge in [0.2, 0.25) is 5.91 Å². The van der Waals surface area contributed by atoms with Gasteiger partial charge in [-0.15, -0.1) is 24.0 Å². The van der Waals surface area contributed by atoms with Gasteiger partial charge in [-0.2, -0.15) is 0 Å². The second-order valence-electron chi connectivity index (χ2n) is 6.18. The number of hydrogen-bond acceptors (Lipinski definition) is 3. The number of amides is 1. The van der Waals surface area contributed by atoms with E-state index in [9.17, 15) is 4.79 Å². The topological polar surface area (TPSA) is 74.8 Å². The Morgan fingerprint density at radius 3 is 2.41 bits per heavy atom. The summed E-state index contributed by atoms with van der Waals surface area (Å²) in [5.74, 6) is 1.38. The number of aliphatic imine (C=N–C) groups is 1. The second kappa shape index (κ2) is 14.7. The van der Waals surface area contributed by atoms with E-state index in [-0.39, 0.29) is 36.4 Å². The Balaban J connectivity index is 0.00000420. The van der Waals surface area contributed by atoms with E-state index in [2.05, 4.69) is 33.1 Å². The van der Waals surface area contributed by atoms with Gasteiger partial charge in [0.15, 0.2) is 5.96 Å². The Bertz CT molecular complexity index is 753. The molecule has 158 valence electrons. The number of hydrogen-bond donors (Lipinski definition) is 3. The monoisotopic (exact) mass is 510 g/mol. The van der Waals surface area contributed by atoms with Crippen molar-refractivity contribution in [2.24, 2.45) is 4.99 Å². The third-order valence-electron chi connectivity index (χ3n) is 4.02. The van der Waals surface area contributed by atoms with Gasteiger partial charge in [0, 0.05) is 18.7 Å². The van der Waals surface area contributed by atoms with Crippen LogP contribution in [-0.4, -0.2) is 38.1 Å². The summed E-state index contributed by atoms with van der Waals surface area (Å²) in [6.07, 6.45) is 0.814. The number of ether oxygens (including phenoxy) is 1. The molecule has 0 heterocycles. The third-order valence-corrected chi connectivity index (χ3v) is 4.02. The molecule has 0 aliphatic heterocycles. The summed E-state index contributed by atoms with van der Waals surface area (Å²) in [4.78, 5) is 16.6. The summed E-state index contributed by atoms with van der Waals surface area (Å²) in [5.41, 5.74) is 2.22. The average molecular weight is 510 g/mol. The van der Waals surface area contributed by atoms with E-state index in [0.717, 1.165) is 17.7 Å². The van der Waals surface area contributed by atoms with Crippen molar-refractivity contribution in [1.82, 2.24) is 16.0 Å². The molecule has 7 heteroatoms. The molecule has 0 atom stereocenters. The SMILES string of the molecule is CCNC(=NCc1ccccc1OCC)NCC(=O)NCCc1ccccc1.I. The summed E-state index contributed by atoms with van der Waals surface area (Å²) >= 11 is 0. The Labute approximate surface area is 190 Å². The molecule has 1 amide bonds. The minimum atomic E-state index is -0.0590. The molecule has 0 spiro atoms. The molecule has 29 heavy (non-hydrogen) atoms. The normalized spacial score (nSPS) is 10.6. The summed E-state index contributed by atoms with van der Waals surface area (Å²) in [6, 6.07) is 17.9. The lowest BCUT2D eigenvalue weighted by Gasteiger charge is -2.13. The molecule has 3 N–H and O–H groups in total. The Morgan fingerprint density at radius 1 is 0.966 bits per heavy atom. The first-order valence-electron chi connectivity index (χ1n) is 9.76. The van der Waals surface area contributed by atoms with E-state index in [1.54, 1.807) is 0 Å². The first-order chi connectivity index (χ1) is 13.7. The van der Waals surface area contributed by atoms with Crippen molar-refractivity contribution >= 4 is 35.8 Å². The molecule has 2 aromatic carbocycles. The van der Waals surface area contributed by atoms with E-state index in [1.807, 2.05) is 56.3 Å². The predicted molar refractivity (Wildman–Crippen MR) is 129 cm³/mol. The largest absolute Gasteiger partial charge is 0.494 e. The van der Waals surface area contributed by atoms with Crippen LogP contribution in [0.5, 0.6) is 5.75 Å². The maximum atomic E-state index is 12.1. The van der Waals surface area contributed by atoms with Gasteiger partial charge in [-0.1, -0.05) is 48.5 Å². The van der Waals surface area contributed by atoms with Gasteiger partial charge >= 0.3 is 0 Å². The molecule has 0 aliphatic rings. The van der Waals surface area contributed by atoms with Crippen LogP contribution in [0.25, 0.3) is 0 Å². The fourth-order valence-electron chi connectivity index (χ4n) is 2.65. The first-order valence-corrected chi connectivity index (χ1v) is 9.76. The number of nitrogens with zero attached hydrogens (tertiary/aromatic N) is 1. The van der Waals surface area contributed by atoms with Gasteiger partial charge in [0.25, 0.3) is 0 Å². The van der Waals surface area contributed by atoms with E-state index in [1.165, 1.54) is 5.56 Å². The predicted octanol–water partition coefficient (Wildman–Crippen LogP) is 3.12. The number of benzene rings is 2. The highest BCUT2D eigenvalue weighted by Crippen LogP contribution is 2.18. The van der Waals surface area contributed by atoms with Gasteiger partial charge in [0.05, 0.1) is 19.7 Å².